The lowest BCUT2D eigenvalue weighted by atomic mass is 10.2. The van der Waals surface area contributed by atoms with E-state index in [-0.39, 0.29) is 0 Å². The first kappa shape index (κ1) is 9.65. The summed E-state index contributed by atoms with van der Waals surface area (Å²) in [4.78, 5) is 11.8. The largest absolute Gasteiger partial charge is 0.342 e. The van der Waals surface area contributed by atoms with Crippen molar-refractivity contribution in [3.8, 4) is 0 Å². The Bertz CT molecular complexity index is 462. The van der Waals surface area contributed by atoms with Crippen LogP contribution in [0.2, 0.25) is 0 Å². The van der Waals surface area contributed by atoms with Gasteiger partial charge in [-0.3, -0.25) is 0 Å². The molecule has 0 atom stereocenters. The first-order chi connectivity index (χ1) is 6.72. The third-order valence-corrected chi connectivity index (χ3v) is 3.09. The van der Waals surface area contributed by atoms with Gasteiger partial charge >= 0.3 is 0 Å². The first-order valence-corrected chi connectivity index (χ1v) is 5.51. The van der Waals surface area contributed by atoms with Crippen LogP contribution in [0.4, 0.5) is 0 Å². The highest BCUT2D eigenvalue weighted by atomic mass is 79.9. The first-order valence-electron chi connectivity index (χ1n) is 4.72. The minimum atomic E-state index is 0.800. The number of halogens is 1. The molecule has 0 aromatic carbocycles. The Labute approximate surface area is 91.1 Å². The number of H-pyrrole nitrogens is 1. The predicted octanol–water partition coefficient (Wildman–Crippen LogP) is 2.98. The quantitative estimate of drug-likeness (QED) is 0.895. The van der Waals surface area contributed by atoms with Gasteiger partial charge in [0.15, 0.2) is 0 Å². The fraction of sp³-hybridized carbons (Fsp3) is 0.400. The van der Waals surface area contributed by atoms with E-state index in [2.05, 4.69) is 37.8 Å². The molecule has 0 saturated heterocycles. The molecule has 0 saturated carbocycles. The average molecular weight is 254 g/mol. The minimum absolute atomic E-state index is 0.800. The molecule has 0 aliphatic carbocycles. The number of nitrogens with zero attached hydrogens (tertiary/aromatic N) is 2. The van der Waals surface area contributed by atoms with Gasteiger partial charge in [-0.25, -0.2) is 9.97 Å². The second-order valence-electron chi connectivity index (χ2n) is 3.35. The highest BCUT2D eigenvalue weighted by Crippen LogP contribution is 2.26. The molecule has 74 valence electrons. The van der Waals surface area contributed by atoms with Crippen molar-refractivity contribution in [2.45, 2.75) is 26.7 Å². The maximum Gasteiger partial charge on any atom is 0.142 e. The summed E-state index contributed by atoms with van der Waals surface area (Å²) < 4.78 is 1.11. The third kappa shape index (κ3) is 1.54. The molecule has 2 aromatic rings. The van der Waals surface area contributed by atoms with Crippen LogP contribution in [0, 0.1) is 6.92 Å². The van der Waals surface area contributed by atoms with Gasteiger partial charge in [0, 0.05) is 16.4 Å². The van der Waals surface area contributed by atoms with Crippen molar-refractivity contribution in [2.24, 2.45) is 0 Å². The topological polar surface area (TPSA) is 41.6 Å². The molecular weight excluding hydrogens is 242 g/mol. The SMILES string of the molecule is CCCc1[nH]c2nc(C)ncc2c1Br. The maximum absolute atomic E-state index is 4.34. The standard InChI is InChI=1S/C10H12BrN3/c1-3-4-8-9(11)7-5-12-6(2)13-10(7)14-8/h5H,3-4H2,1-2H3,(H,12,13,14). The number of aromatic amines is 1. The lowest BCUT2D eigenvalue weighted by Crippen LogP contribution is -1.86. The van der Waals surface area contributed by atoms with Gasteiger partial charge in [-0.05, 0) is 29.3 Å². The molecule has 2 heterocycles. The summed E-state index contributed by atoms with van der Waals surface area (Å²) in [5, 5.41) is 1.07. The Hall–Kier alpha value is -0.900. The fourth-order valence-corrected chi connectivity index (χ4v) is 2.10. The van der Waals surface area contributed by atoms with Crippen LogP contribution in [0.25, 0.3) is 11.0 Å². The molecule has 0 amide bonds. The van der Waals surface area contributed by atoms with E-state index in [0.29, 0.717) is 0 Å². The van der Waals surface area contributed by atoms with Gasteiger partial charge in [0.2, 0.25) is 0 Å². The lowest BCUT2D eigenvalue weighted by molar-refractivity contribution is 0.889. The molecule has 0 radical (unpaired) electrons. The fourth-order valence-electron chi connectivity index (χ4n) is 1.51. The van der Waals surface area contributed by atoms with Crippen molar-refractivity contribution in [1.82, 2.24) is 15.0 Å². The second kappa shape index (κ2) is 3.69. The summed E-state index contributed by atoms with van der Waals surface area (Å²) >= 11 is 3.57. The molecule has 4 heteroatoms. The number of hydrogen-bond donors (Lipinski definition) is 1. The smallest absolute Gasteiger partial charge is 0.142 e. The summed E-state index contributed by atoms with van der Waals surface area (Å²) in [5.41, 5.74) is 2.13. The van der Waals surface area contributed by atoms with Crippen LogP contribution in [0.15, 0.2) is 10.7 Å². The zero-order chi connectivity index (χ0) is 10.1. The molecule has 0 aliphatic heterocycles. The van der Waals surface area contributed by atoms with E-state index in [9.17, 15) is 0 Å². The molecule has 0 unspecified atom stereocenters. The number of nitrogens with one attached hydrogen (secondary N) is 1. The van der Waals surface area contributed by atoms with Gasteiger partial charge in [-0.15, -0.1) is 0 Å². The van der Waals surface area contributed by atoms with Gasteiger partial charge in [0.1, 0.15) is 11.5 Å². The van der Waals surface area contributed by atoms with Crippen molar-refractivity contribution in [2.75, 3.05) is 0 Å². The lowest BCUT2D eigenvalue weighted by Gasteiger charge is -1.92. The van der Waals surface area contributed by atoms with E-state index in [4.69, 9.17) is 0 Å². The molecule has 0 bridgehead atoms. The number of aryl methyl sites for hydroxylation is 2. The van der Waals surface area contributed by atoms with Crippen LogP contribution in [-0.2, 0) is 6.42 Å². The maximum atomic E-state index is 4.34. The Morgan fingerprint density at radius 3 is 3.00 bits per heavy atom. The Kier molecular flexibility index (Phi) is 2.54. The van der Waals surface area contributed by atoms with Crippen molar-refractivity contribution < 1.29 is 0 Å². The van der Waals surface area contributed by atoms with Gasteiger partial charge in [-0.1, -0.05) is 13.3 Å². The highest BCUT2D eigenvalue weighted by molar-refractivity contribution is 9.10. The monoisotopic (exact) mass is 253 g/mol. The van der Waals surface area contributed by atoms with Crippen molar-refractivity contribution in [3.63, 3.8) is 0 Å². The van der Waals surface area contributed by atoms with E-state index >= 15 is 0 Å². The van der Waals surface area contributed by atoms with E-state index in [0.717, 1.165) is 34.2 Å². The normalized spacial score (nSPS) is 11.1. The van der Waals surface area contributed by atoms with Gasteiger partial charge < -0.3 is 4.98 Å². The second-order valence-corrected chi connectivity index (χ2v) is 4.14. The summed E-state index contributed by atoms with van der Waals surface area (Å²) in [7, 11) is 0. The third-order valence-electron chi connectivity index (χ3n) is 2.18. The van der Waals surface area contributed by atoms with E-state index in [1.54, 1.807) is 0 Å². The van der Waals surface area contributed by atoms with E-state index < -0.39 is 0 Å². The van der Waals surface area contributed by atoms with Crippen LogP contribution < -0.4 is 0 Å². The summed E-state index contributed by atoms with van der Waals surface area (Å²) in [6, 6.07) is 0. The Balaban J connectivity index is 2.61. The minimum Gasteiger partial charge on any atom is -0.342 e. The van der Waals surface area contributed by atoms with Gasteiger partial charge in [0.25, 0.3) is 0 Å². The van der Waals surface area contributed by atoms with E-state index in [1.165, 1.54) is 5.69 Å². The number of fused-ring (bicyclic) bond motifs is 1. The van der Waals surface area contributed by atoms with Crippen LogP contribution in [0.5, 0.6) is 0 Å². The van der Waals surface area contributed by atoms with Crippen molar-refractivity contribution >= 4 is 27.0 Å². The molecule has 2 aromatic heterocycles. The molecular formula is C10H12BrN3. The van der Waals surface area contributed by atoms with Gasteiger partial charge in [-0.2, -0.15) is 0 Å². The molecule has 1 N–H and O–H groups in total. The summed E-state index contributed by atoms with van der Waals surface area (Å²) in [6.45, 7) is 4.06. The van der Waals surface area contributed by atoms with Crippen LogP contribution in [0.3, 0.4) is 0 Å². The number of aromatic nitrogens is 3. The Morgan fingerprint density at radius 1 is 1.50 bits per heavy atom. The van der Waals surface area contributed by atoms with E-state index in [1.807, 2.05) is 13.1 Å². The predicted molar refractivity (Wildman–Crippen MR) is 60.3 cm³/mol. The molecule has 0 aliphatic rings. The molecule has 0 fully saturated rings. The van der Waals surface area contributed by atoms with Crippen LogP contribution in [0.1, 0.15) is 24.9 Å². The number of hydrogen-bond acceptors (Lipinski definition) is 2. The average Bonchev–Trinajstić information content (AvgIpc) is 2.44. The zero-order valence-electron chi connectivity index (χ0n) is 8.26. The highest BCUT2D eigenvalue weighted by Gasteiger charge is 2.09. The van der Waals surface area contributed by atoms with Crippen LogP contribution in [-0.4, -0.2) is 15.0 Å². The van der Waals surface area contributed by atoms with Gasteiger partial charge in [0.05, 0.1) is 5.39 Å². The molecule has 3 nitrogen and oxygen atoms in total. The molecule has 0 spiro atoms. The number of rotatable bonds is 2. The summed E-state index contributed by atoms with van der Waals surface area (Å²) in [6.07, 6.45) is 4.02. The van der Waals surface area contributed by atoms with Crippen molar-refractivity contribution in [1.29, 1.82) is 0 Å². The molecule has 14 heavy (non-hydrogen) atoms. The zero-order valence-corrected chi connectivity index (χ0v) is 9.85. The molecule has 2 rings (SSSR count). The van der Waals surface area contributed by atoms with Crippen molar-refractivity contribution in [3.05, 3.63) is 22.2 Å². The summed E-state index contributed by atoms with van der Waals surface area (Å²) in [5.74, 6) is 0.800. The Morgan fingerprint density at radius 2 is 2.29 bits per heavy atom. The van der Waals surface area contributed by atoms with Crippen LogP contribution >= 0.6 is 15.9 Å².